The molecule has 2 nitrogen and oxygen atoms in total. The van der Waals surface area contributed by atoms with Gasteiger partial charge in [0.15, 0.2) is 0 Å². The second-order valence-electron chi connectivity index (χ2n) is 14.9. The number of fused-ring (bicyclic) bond motifs is 5. The molecular formula is C56H37NO. The van der Waals surface area contributed by atoms with Gasteiger partial charge in [-0.05, 0) is 115 Å². The van der Waals surface area contributed by atoms with Crippen LogP contribution in [0.1, 0.15) is 0 Å². The average Bonchev–Trinajstić information content (AvgIpc) is 3.70. The fourth-order valence-corrected chi connectivity index (χ4v) is 8.54. The summed E-state index contributed by atoms with van der Waals surface area (Å²) in [4.78, 5) is 2.36. The molecule has 0 aliphatic carbocycles. The van der Waals surface area contributed by atoms with E-state index in [4.69, 9.17) is 4.42 Å². The van der Waals surface area contributed by atoms with Crippen molar-refractivity contribution in [1.29, 1.82) is 0 Å². The topological polar surface area (TPSA) is 16.4 Å². The molecule has 272 valence electrons. The molecule has 0 bridgehead atoms. The summed E-state index contributed by atoms with van der Waals surface area (Å²) in [7, 11) is 0. The predicted octanol–water partition coefficient (Wildman–Crippen LogP) is 16.0. The van der Waals surface area contributed by atoms with Crippen molar-refractivity contribution in [1.82, 2.24) is 0 Å². The van der Waals surface area contributed by atoms with Crippen LogP contribution >= 0.6 is 0 Å². The first-order valence-corrected chi connectivity index (χ1v) is 19.8. The normalized spacial score (nSPS) is 11.4. The van der Waals surface area contributed by atoms with Gasteiger partial charge in [-0.25, -0.2) is 0 Å². The minimum absolute atomic E-state index is 0.883. The van der Waals surface area contributed by atoms with E-state index >= 15 is 0 Å². The summed E-state index contributed by atoms with van der Waals surface area (Å²) in [6.07, 6.45) is 0. The maximum Gasteiger partial charge on any atom is 0.143 e. The van der Waals surface area contributed by atoms with Gasteiger partial charge >= 0.3 is 0 Å². The van der Waals surface area contributed by atoms with Gasteiger partial charge < -0.3 is 9.32 Å². The zero-order valence-corrected chi connectivity index (χ0v) is 31.7. The minimum Gasteiger partial charge on any atom is -0.455 e. The van der Waals surface area contributed by atoms with Crippen molar-refractivity contribution in [3.05, 3.63) is 224 Å². The quantitative estimate of drug-likeness (QED) is 0.151. The van der Waals surface area contributed by atoms with Crippen LogP contribution in [0.2, 0.25) is 0 Å². The van der Waals surface area contributed by atoms with Gasteiger partial charge in [0.05, 0.1) is 0 Å². The Morgan fingerprint density at radius 2 is 0.810 bits per heavy atom. The highest BCUT2D eigenvalue weighted by Gasteiger charge is 2.19. The van der Waals surface area contributed by atoms with Crippen LogP contribution in [0.4, 0.5) is 17.1 Å². The Morgan fingerprint density at radius 3 is 1.59 bits per heavy atom. The Labute approximate surface area is 337 Å². The number of hydrogen-bond donors (Lipinski definition) is 0. The lowest BCUT2D eigenvalue weighted by Gasteiger charge is -2.26. The van der Waals surface area contributed by atoms with E-state index in [1.807, 2.05) is 12.1 Å². The van der Waals surface area contributed by atoms with Gasteiger partial charge in [0.25, 0.3) is 0 Å². The predicted molar refractivity (Wildman–Crippen MR) is 245 cm³/mol. The number of rotatable bonds is 7. The molecule has 0 saturated heterocycles. The monoisotopic (exact) mass is 739 g/mol. The molecule has 0 spiro atoms. The van der Waals surface area contributed by atoms with Crippen molar-refractivity contribution < 1.29 is 4.42 Å². The van der Waals surface area contributed by atoms with Crippen molar-refractivity contribution >= 4 is 60.3 Å². The van der Waals surface area contributed by atoms with E-state index in [1.165, 1.54) is 43.4 Å². The van der Waals surface area contributed by atoms with Crippen molar-refractivity contribution in [2.75, 3.05) is 4.90 Å². The summed E-state index contributed by atoms with van der Waals surface area (Å²) in [5.74, 6) is 0.883. The Bertz CT molecular complexity index is 3270. The van der Waals surface area contributed by atoms with Gasteiger partial charge in [-0.1, -0.05) is 170 Å². The Balaban J connectivity index is 0.985. The lowest BCUT2D eigenvalue weighted by atomic mass is 9.96. The van der Waals surface area contributed by atoms with Crippen LogP contribution in [-0.4, -0.2) is 0 Å². The van der Waals surface area contributed by atoms with E-state index < -0.39 is 0 Å². The molecule has 0 unspecified atom stereocenters. The summed E-state index contributed by atoms with van der Waals surface area (Å²) in [6, 6.07) is 80.6. The van der Waals surface area contributed by atoms with Crippen LogP contribution in [0, 0.1) is 0 Å². The fourth-order valence-electron chi connectivity index (χ4n) is 8.54. The summed E-state index contributed by atoms with van der Waals surface area (Å²) in [5, 5.41) is 8.59. The van der Waals surface area contributed by atoms with Gasteiger partial charge in [0.1, 0.15) is 11.3 Å². The molecule has 10 aromatic carbocycles. The average molecular weight is 740 g/mol. The van der Waals surface area contributed by atoms with Crippen molar-refractivity contribution in [2.24, 2.45) is 0 Å². The molecule has 1 aromatic heterocycles. The zero-order valence-electron chi connectivity index (χ0n) is 31.7. The third kappa shape index (κ3) is 6.00. The number of nitrogens with zero attached hydrogens (tertiary/aromatic N) is 1. The molecule has 11 rings (SSSR count). The van der Waals surface area contributed by atoms with Gasteiger partial charge in [-0.3, -0.25) is 0 Å². The highest BCUT2D eigenvalue weighted by molar-refractivity contribution is 6.08. The van der Waals surface area contributed by atoms with Crippen LogP contribution in [0.25, 0.3) is 88.0 Å². The lowest BCUT2D eigenvalue weighted by Crippen LogP contribution is -2.09. The first-order valence-electron chi connectivity index (χ1n) is 19.8. The van der Waals surface area contributed by atoms with Gasteiger partial charge in [0, 0.05) is 33.6 Å². The SMILES string of the molecule is c1ccc(-c2c(-c3cccc(-c4ccc(N(c5ccc(-c6ccc7ccccc7c6)cc5)c5ccc6c(ccc7ccccc76)c5)cc4)c3)oc3ccccc23)cc1. The van der Waals surface area contributed by atoms with Gasteiger partial charge in [-0.15, -0.1) is 0 Å². The van der Waals surface area contributed by atoms with E-state index in [1.54, 1.807) is 0 Å². The van der Waals surface area contributed by atoms with Crippen LogP contribution in [-0.2, 0) is 0 Å². The fraction of sp³-hybridized carbons (Fsp3) is 0. The van der Waals surface area contributed by atoms with Crippen LogP contribution < -0.4 is 4.90 Å². The van der Waals surface area contributed by atoms with Crippen LogP contribution in [0.3, 0.4) is 0 Å². The second kappa shape index (κ2) is 14.1. The molecule has 0 aliphatic rings. The zero-order chi connectivity index (χ0) is 38.4. The number of furan rings is 1. The molecule has 0 saturated carbocycles. The first-order chi connectivity index (χ1) is 28.7. The number of hydrogen-bond acceptors (Lipinski definition) is 2. The number of anilines is 3. The van der Waals surface area contributed by atoms with E-state index in [9.17, 15) is 0 Å². The van der Waals surface area contributed by atoms with E-state index in [0.717, 1.165) is 61.6 Å². The summed E-state index contributed by atoms with van der Waals surface area (Å²) >= 11 is 0. The molecule has 0 aliphatic heterocycles. The van der Waals surface area contributed by atoms with E-state index in [-0.39, 0.29) is 0 Å². The molecule has 1 heterocycles. The maximum atomic E-state index is 6.58. The third-order valence-electron chi connectivity index (χ3n) is 11.4. The largest absolute Gasteiger partial charge is 0.455 e. The molecule has 0 fully saturated rings. The van der Waals surface area contributed by atoms with E-state index in [0.29, 0.717) is 0 Å². The molecule has 2 heteroatoms. The summed E-state index contributed by atoms with van der Waals surface area (Å²) in [5.41, 5.74) is 12.2. The van der Waals surface area contributed by atoms with Crippen molar-refractivity contribution in [3.8, 4) is 44.7 Å². The third-order valence-corrected chi connectivity index (χ3v) is 11.4. The summed E-state index contributed by atoms with van der Waals surface area (Å²) in [6.45, 7) is 0. The Morgan fingerprint density at radius 1 is 0.276 bits per heavy atom. The standard InChI is InChI=1S/C56H37NO/c1-2-13-42(14-3-1)55-53-19-8-9-20-54(53)58-56(55)47-17-10-16-44(36-47)39-25-29-48(30-26-39)57(50-33-34-52-46(37-50)24-22-41-12-6-7-18-51(41)52)49-31-27-40(28-32-49)45-23-21-38-11-4-5-15-43(38)35-45/h1-37H. The minimum atomic E-state index is 0.883. The van der Waals surface area contributed by atoms with E-state index in [2.05, 4.69) is 217 Å². The molecule has 0 atom stereocenters. The van der Waals surface area contributed by atoms with Crippen molar-refractivity contribution in [3.63, 3.8) is 0 Å². The lowest BCUT2D eigenvalue weighted by molar-refractivity contribution is 0.632. The first kappa shape index (κ1) is 33.6. The van der Waals surface area contributed by atoms with Gasteiger partial charge in [0.2, 0.25) is 0 Å². The maximum absolute atomic E-state index is 6.58. The molecule has 0 amide bonds. The van der Waals surface area contributed by atoms with Crippen molar-refractivity contribution in [2.45, 2.75) is 0 Å². The van der Waals surface area contributed by atoms with Gasteiger partial charge in [-0.2, -0.15) is 0 Å². The van der Waals surface area contributed by atoms with Crippen LogP contribution in [0.15, 0.2) is 229 Å². The van der Waals surface area contributed by atoms with Crippen LogP contribution in [0.5, 0.6) is 0 Å². The molecule has 58 heavy (non-hydrogen) atoms. The summed E-state index contributed by atoms with van der Waals surface area (Å²) < 4.78 is 6.58. The molecule has 0 radical (unpaired) electrons. The second-order valence-corrected chi connectivity index (χ2v) is 14.9. The Kier molecular flexibility index (Phi) is 8.19. The highest BCUT2D eigenvalue weighted by Crippen LogP contribution is 2.43. The number of para-hydroxylation sites is 1. The molecule has 11 aromatic rings. The Hall–Kier alpha value is -7.68. The molecular weight excluding hydrogens is 703 g/mol. The smallest absolute Gasteiger partial charge is 0.143 e. The number of benzene rings is 10. The highest BCUT2D eigenvalue weighted by atomic mass is 16.3. The molecule has 0 N–H and O–H groups in total.